The summed E-state index contributed by atoms with van der Waals surface area (Å²) >= 11 is 6.11. The Morgan fingerprint density at radius 3 is 2.57 bits per heavy atom. The van der Waals surface area contributed by atoms with E-state index in [1.165, 1.54) is 16.5 Å². The fourth-order valence-corrected chi connectivity index (χ4v) is 4.91. The fourth-order valence-electron chi connectivity index (χ4n) is 3.76. The molecule has 30 heavy (non-hydrogen) atoms. The van der Waals surface area contributed by atoms with E-state index in [0.29, 0.717) is 0 Å². The molecule has 0 fully saturated rings. The van der Waals surface area contributed by atoms with Gasteiger partial charge < -0.3 is 0 Å². The second-order valence-corrected chi connectivity index (χ2v) is 9.48. The molecule has 0 radical (unpaired) electrons. The maximum absolute atomic E-state index is 12.4. The highest BCUT2D eigenvalue weighted by atomic mass is 35.5. The Morgan fingerprint density at radius 2 is 1.83 bits per heavy atom. The summed E-state index contributed by atoms with van der Waals surface area (Å²) in [6, 6.07) is 16.7. The molecule has 1 aliphatic rings. The molecule has 4 rings (SSSR count). The van der Waals surface area contributed by atoms with Gasteiger partial charge >= 0.3 is 0 Å². The number of hydrazone groups is 1. The molecule has 154 valence electrons. The quantitative estimate of drug-likeness (QED) is 0.469. The number of halogens is 1. The van der Waals surface area contributed by atoms with Gasteiger partial charge in [0, 0.05) is 5.56 Å². The Labute approximate surface area is 180 Å². The Morgan fingerprint density at radius 1 is 1.10 bits per heavy atom. The van der Waals surface area contributed by atoms with Crippen LogP contribution < -0.4 is 9.73 Å². The van der Waals surface area contributed by atoms with E-state index in [2.05, 4.69) is 22.7 Å². The summed E-state index contributed by atoms with van der Waals surface area (Å²) in [7, 11) is -3.71. The molecule has 0 heterocycles. The largest absolute Gasteiger partial charge is 0.271 e. The SMILES string of the molecule is CS(=O)(=O)N(CC(=O)N/N=C/c1ccc2c3c(cccc13)CC2)c1ccccc1Cl. The number of sulfonamides is 1. The van der Waals surface area contributed by atoms with Gasteiger partial charge in [-0.25, -0.2) is 13.8 Å². The summed E-state index contributed by atoms with van der Waals surface area (Å²) in [5.41, 5.74) is 6.20. The predicted octanol–water partition coefficient (Wildman–Crippen LogP) is 3.51. The molecule has 1 aliphatic carbocycles. The van der Waals surface area contributed by atoms with Crippen molar-refractivity contribution in [1.29, 1.82) is 0 Å². The molecule has 0 bridgehead atoms. The maximum Gasteiger partial charge on any atom is 0.260 e. The molecule has 1 N–H and O–H groups in total. The minimum atomic E-state index is -3.71. The molecule has 8 heteroatoms. The van der Waals surface area contributed by atoms with Gasteiger partial charge in [0.1, 0.15) is 6.54 Å². The molecule has 0 aromatic heterocycles. The Kier molecular flexibility index (Phi) is 5.49. The van der Waals surface area contributed by atoms with Gasteiger partial charge in [-0.05, 0) is 46.9 Å². The number of para-hydroxylation sites is 1. The second-order valence-electron chi connectivity index (χ2n) is 7.17. The highest BCUT2D eigenvalue weighted by molar-refractivity contribution is 7.92. The summed E-state index contributed by atoms with van der Waals surface area (Å²) in [4.78, 5) is 12.4. The minimum Gasteiger partial charge on any atom is -0.271 e. The second kappa shape index (κ2) is 8.08. The zero-order chi connectivity index (χ0) is 21.3. The van der Waals surface area contributed by atoms with E-state index in [9.17, 15) is 13.2 Å². The monoisotopic (exact) mass is 441 g/mol. The number of rotatable bonds is 6. The van der Waals surface area contributed by atoms with Crippen LogP contribution in [-0.4, -0.2) is 33.3 Å². The number of benzene rings is 3. The van der Waals surface area contributed by atoms with Gasteiger partial charge in [0.05, 0.1) is 23.2 Å². The van der Waals surface area contributed by atoms with E-state index in [1.54, 1.807) is 30.5 Å². The van der Waals surface area contributed by atoms with Crippen molar-refractivity contribution in [3.8, 4) is 0 Å². The van der Waals surface area contributed by atoms with Gasteiger partial charge in [0.15, 0.2) is 0 Å². The van der Waals surface area contributed by atoms with Gasteiger partial charge in [0.2, 0.25) is 10.0 Å². The summed E-state index contributed by atoms with van der Waals surface area (Å²) in [6.45, 7) is -0.427. The number of carbonyl (C=O) groups is 1. The molecule has 3 aromatic carbocycles. The van der Waals surface area contributed by atoms with Gasteiger partial charge in [-0.1, -0.05) is 54.1 Å². The molecule has 3 aromatic rings. The van der Waals surface area contributed by atoms with Crippen LogP contribution in [0.15, 0.2) is 59.7 Å². The zero-order valence-corrected chi connectivity index (χ0v) is 17.9. The van der Waals surface area contributed by atoms with Crippen molar-refractivity contribution < 1.29 is 13.2 Å². The highest BCUT2D eigenvalue weighted by Gasteiger charge is 2.22. The molecule has 0 aliphatic heterocycles. The van der Waals surface area contributed by atoms with Crippen LogP contribution in [-0.2, 0) is 27.7 Å². The summed E-state index contributed by atoms with van der Waals surface area (Å²) in [5.74, 6) is -0.567. The van der Waals surface area contributed by atoms with E-state index in [-0.39, 0.29) is 10.7 Å². The summed E-state index contributed by atoms with van der Waals surface area (Å²) in [5, 5.41) is 6.64. The first-order valence-corrected chi connectivity index (χ1v) is 11.6. The van der Waals surface area contributed by atoms with Crippen molar-refractivity contribution in [1.82, 2.24) is 5.43 Å². The summed E-state index contributed by atoms with van der Waals surface area (Å²) < 4.78 is 25.3. The van der Waals surface area contributed by atoms with E-state index in [4.69, 9.17) is 11.6 Å². The first-order valence-electron chi connectivity index (χ1n) is 9.42. The van der Waals surface area contributed by atoms with Crippen LogP contribution in [0.25, 0.3) is 10.8 Å². The average molecular weight is 442 g/mol. The van der Waals surface area contributed by atoms with Gasteiger partial charge in [-0.2, -0.15) is 5.10 Å². The van der Waals surface area contributed by atoms with Crippen LogP contribution >= 0.6 is 11.6 Å². The predicted molar refractivity (Wildman–Crippen MR) is 121 cm³/mol. The number of anilines is 1. The van der Waals surface area contributed by atoms with Crippen molar-refractivity contribution in [2.75, 3.05) is 17.1 Å². The van der Waals surface area contributed by atoms with Crippen LogP contribution in [0.3, 0.4) is 0 Å². The number of nitrogens with zero attached hydrogens (tertiary/aromatic N) is 2. The van der Waals surface area contributed by atoms with Crippen molar-refractivity contribution in [2.24, 2.45) is 5.10 Å². The van der Waals surface area contributed by atoms with E-state index < -0.39 is 22.5 Å². The summed E-state index contributed by atoms with van der Waals surface area (Å²) in [6.07, 6.45) is 4.68. The first-order chi connectivity index (χ1) is 14.3. The van der Waals surface area contributed by atoms with E-state index in [1.807, 2.05) is 18.2 Å². The lowest BCUT2D eigenvalue weighted by Crippen LogP contribution is -2.39. The Bertz CT molecular complexity index is 1260. The first kappa shape index (κ1) is 20.4. The van der Waals surface area contributed by atoms with E-state index >= 15 is 0 Å². The molecule has 0 unspecified atom stereocenters. The van der Waals surface area contributed by atoms with Crippen LogP contribution in [0.1, 0.15) is 16.7 Å². The van der Waals surface area contributed by atoms with Crippen molar-refractivity contribution >= 4 is 50.2 Å². The van der Waals surface area contributed by atoms with Gasteiger partial charge in [0.25, 0.3) is 5.91 Å². The smallest absolute Gasteiger partial charge is 0.260 e. The molecular weight excluding hydrogens is 422 g/mol. The van der Waals surface area contributed by atoms with Crippen molar-refractivity contribution in [3.05, 3.63) is 76.3 Å². The van der Waals surface area contributed by atoms with Gasteiger partial charge in [-0.3, -0.25) is 9.10 Å². The van der Waals surface area contributed by atoms with Crippen LogP contribution in [0, 0.1) is 0 Å². The Balaban J connectivity index is 1.52. The molecular formula is C22H20ClN3O3S. The minimum absolute atomic E-state index is 0.243. The van der Waals surface area contributed by atoms with Crippen LogP contribution in [0.4, 0.5) is 5.69 Å². The number of aryl methyl sites for hydroxylation is 2. The normalized spacial score (nSPS) is 13.1. The molecule has 0 spiro atoms. The van der Waals surface area contributed by atoms with Crippen molar-refractivity contribution in [2.45, 2.75) is 12.8 Å². The fraction of sp³-hybridized carbons (Fsp3) is 0.182. The third-order valence-electron chi connectivity index (χ3n) is 5.11. The standard InChI is InChI=1S/C22H20ClN3O3S/c1-30(28,29)26(20-8-3-2-7-19(20)23)14-21(27)25-24-13-17-12-11-16-10-9-15-5-4-6-18(17)22(15)16/h2-8,11-13H,9-10,14H2,1H3,(H,25,27)/b24-13+. The number of hydrogen-bond acceptors (Lipinski definition) is 4. The van der Waals surface area contributed by atoms with Crippen molar-refractivity contribution in [3.63, 3.8) is 0 Å². The van der Waals surface area contributed by atoms with Gasteiger partial charge in [-0.15, -0.1) is 0 Å². The molecule has 1 amide bonds. The molecule has 0 saturated heterocycles. The molecule has 0 saturated carbocycles. The zero-order valence-electron chi connectivity index (χ0n) is 16.3. The Hall–Kier alpha value is -2.90. The topological polar surface area (TPSA) is 78.8 Å². The average Bonchev–Trinajstić information content (AvgIpc) is 3.13. The number of nitrogens with one attached hydrogen (secondary N) is 1. The lowest BCUT2D eigenvalue weighted by Gasteiger charge is -2.22. The lowest BCUT2D eigenvalue weighted by atomic mass is 10.0. The third-order valence-corrected chi connectivity index (χ3v) is 6.56. The number of carbonyl (C=O) groups excluding carboxylic acids is 1. The molecule has 0 atom stereocenters. The van der Waals surface area contributed by atoms with E-state index in [0.717, 1.165) is 34.4 Å². The lowest BCUT2D eigenvalue weighted by molar-refractivity contribution is -0.119. The highest BCUT2D eigenvalue weighted by Crippen LogP contribution is 2.32. The van der Waals surface area contributed by atoms with Crippen LogP contribution in [0.5, 0.6) is 0 Å². The maximum atomic E-state index is 12.4. The molecule has 6 nitrogen and oxygen atoms in total. The van der Waals surface area contributed by atoms with Crippen LogP contribution in [0.2, 0.25) is 5.02 Å². The number of amides is 1. The third kappa shape index (κ3) is 4.04. The number of hydrogen-bond donors (Lipinski definition) is 1.